The van der Waals surface area contributed by atoms with E-state index in [1.54, 1.807) is 5.32 Å². The molecule has 0 unspecified atom stereocenters. The van der Waals surface area contributed by atoms with Crippen LogP contribution in [0.5, 0.6) is 0 Å². The summed E-state index contributed by atoms with van der Waals surface area (Å²) in [4.78, 5) is 109. The van der Waals surface area contributed by atoms with Gasteiger partial charge in [-0.25, -0.2) is 54.8 Å². The number of rotatable bonds is 14. The maximum atomic E-state index is 15.3. The minimum Gasteiger partial charge on any atom is -0.381 e. The van der Waals surface area contributed by atoms with Crippen molar-refractivity contribution >= 4 is 104 Å². The summed E-state index contributed by atoms with van der Waals surface area (Å²) < 4.78 is 310. The molecule has 0 bridgehead atoms. The van der Waals surface area contributed by atoms with E-state index in [1.807, 2.05) is 0 Å². The number of nitrogens with two attached hydrogens (primary N) is 3. The largest absolute Gasteiger partial charge is 0.381 e. The fraction of sp³-hybridized carbons (Fsp3) is 0.458. The van der Waals surface area contributed by atoms with E-state index in [1.165, 1.54) is 27.1 Å². The lowest BCUT2D eigenvalue weighted by atomic mass is 9.94. The van der Waals surface area contributed by atoms with Gasteiger partial charge < -0.3 is 77.3 Å². The number of carbonyl (C=O) groups excluding carboxylic acids is 6. The highest BCUT2D eigenvalue weighted by Gasteiger charge is 2.39. The molecule has 0 radical (unpaired) electrons. The van der Waals surface area contributed by atoms with E-state index in [0.29, 0.717) is 9.80 Å². The number of hydrogen-bond acceptors (Lipinski definition) is 26. The smallest absolute Gasteiger partial charge is 0.263 e. The number of pyridine rings is 3. The Hall–Kier alpha value is -11.7. The normalized spacial score (nSPS) is 27.5. The Morgan fingerprint density at radius 3 is 1.05 bits per heavy atom. The number of ether oxygens (including phenoxy) is 2. The van der Waals surface area contributed by atoms with E-state index >= 15 is 13.2 Å². The van der Waals surface area contributed by atoms with Crippen LogP contribution in [0.15, 0.2) is 74.4 Å². The Morgan fingerprint density at radius 1 is 0.425 bits per heavy atom. The van der Waals surface area contributed by atoms with Crippen molar-refractivity contribution in [3.8, 4) is 0 Å². The highest BCUT2D eigenvalue weighted by molar-refractivity contribution is 6.14. The molecule has 0 saturated carbocycles. The molecule has 9 aromatic heterocycles. The molecule has 596 valence electrons. The molecular weight excluding hydrogens is 1480 g/mol. The van der Waals surface area contributed by atoms with Crippen LogP contribution in [-0.4, -0.2) is 274 Å². The SMILES string of the molecule is [2H]C1(C(=O)N2C([2H])([2H])C([2H])([2H])N(C3COC3)C([2H])([2H])C2([2H])[2H])CCN(c2c(F)cncc2NC(=O)c2c(N)nn3cc(F)cnc23)CC1.[2H]C1([2H])N(C(=O)C2CCN(c3c(F)cncc3NC(=O)c3c(N)nn4cc(F)cnc34)CC2)C([2H])([2H])C([2H])([2H])N(C2COC2)C1([2H])[2H].[2H]C1([2H])NC([2H])([2H])C([2H])([2H])N(C(=O)C2CCN(c3c(F)cncc3NC(=O)c3c(N)nn4cc(F)cnc34)CC2)C1([2H])[2H]. The molecule has 10 N–H and O–H groups in total. The van der Waals surface area contributed by atoms with Gasteiger partial charge in [0.25, 0.3) is 17.7 Å². The second-order valence-electron chi connectivity index (χ2n) is 26.0. The molecule has 0 aromatic carbocycles. The monoisotopic (exact) mass is 1590 g/mol. The molecule has 0 atom stereocenters. The Morgan fingerprint density at radius 2 is 0.735 bits per heavy atom. The average Bonchev–Trinajstić information content (AvgIpc) is 0.725. The lowest BCUT2D eigenvalue weighted by molar-refractivity contribution is -0.141. The van der Waals surface area contributed by atoms with Gasteiger partial charge in [0, 0.05) is 153 Å². The predicted octanol–water partition coefficient (Wildman–Crippen LogP) is 2.88. The van der Waals surface area contributed by atoms with Crippen molar-refractivity contribution in [3.63, 3.8) is 0 Å². The van der Waals surface area contributed by atoms with Crippen molar-refractivity contribution in [1.82, 2.24) is 88.6 Å². The topological polar surface area (TPSA) is 402 Å². The highest BCUT2D eigenvalue weighted by Crippen LogP contribution is 2.38. The molecular formula is C72H83F6N27O8. The Balaban J connectivity index is 0.000000157. The molecule has 9 aromatic rings. The number of carbonyl (C=O) groups is 6. The number of nitrogens with zero attached hydrogens (tertiary/aromatic N) is 20. The molecule has 6 amide bonds. The number of fused-ring (bicyclic) bond motifs is 3. The molecule has 8 aliphatic heterocycles. The van der Waals surface area contributed by atoms with Crippen molar-refractivity contribution in [1.29, 1.82) is 0 Å². The summed E-state index contributed by atoms with van der Waals surface area (Å²) in [6.07, 6.45) is 10.5. The number of hydrogen-bond donors (Lipinski definition) is 7. The lowest BCUT2D eigenvalue weighted by Gasteiger charge is -2.43. The fourth-order valence-corrected chi connectivity index (χ4v) is 13.1. The summed E-state index contributed by atoms with van der Waals surface area (Å²) in [7, 11) is 0. The van der Waals surface area contributed by atoms with Crippen molar-refractivity contribution in [2.24, 2.45) is 17.7 Å². The Labute approximate surface area is 676 Å². The zero-order valence-corrected chi connectivity index (χ0v) is 58.8. The standard InChI is InChI=1S/2C25H29F2N9O3.C22H25F2N9O2/c2*26-16-9-30-23-20(22(28)32-36(23)12-16)24(37)31-19-11-29-10-18(27)21(19)34-3-1-15(2-4-34)25(38)35-7-5-33(6-8-35)17-13-39-14-17;23-14-9-28-20-17(19(25)30-33(20)12-14)21(34)29-16-11-27-10-15(24)18(16)31-5-1-13(2-6-31)22(35)32-7-3-26-4-8-32/h2*9-12,15,17H,1-8,13-14H2,(H2,28,32)(H,31,37);9-13,26H,1-8H2,(H2,25,30)(H,29,34)/i5D2,6D2,7D2,8D2,15D;5D2,6D2,7D2,8D2;3D2,4D2,7D2,8D2. The van der Waals surface area contributed by atoms with Crippen molar-refractivity contribution in [2.45, 2.75) is 50.6 Å². The number of piperazine rings is 3. The Bertz CT molecular complexity index is 6270. The van der Waals surface area contributed by atoms with Crippen LogP contribution in [0.2, 0.25) is 0 Å². The zero-order valence-electron chi connectivity index (χ0n) is 83.8. The third-order valence-electron chi connectivity index (χ3n) is 19.0. The van der Waals surface area contributed by atoms with Gasteiger partial charge in [-0.05, 0) is 38.5 Å². The summed E-state index contributed by atoms with van der Waals surface area (Å²) in [5, 5.41) is 20.8. The van der Waals surface area contributed by atoms with Crippen LogP contribution in [0, 0.1) is 52.6 Å². The number of nitrogens with one attached hydrogen (secondary N) is 4. The first-order valence-electron chi connectivity index (χ1n) is 47.1. The number of nitrogen functional groups attached to an aromatic ring is 3. The number of aromatic nitrogens is 12. The van der Waals surface area contributed by atoms with E-state index in [2.05, 4.69) is 61.2 Å². The summed E-state index contributed by atoms with van der Waals surface area (Å²) in [6.45, 7) is -40.2. The molecule has 0 spiro atoms. The molecule has 0 aliphatic carbocycles. The van der Waals surface area contributed by atoms with E-state index in [9.17, 15) is 41.9 Å². The zero-order chi connectivity index (χ0) is 101. The number of halogens is 6. The number of piperidine rings is 3. The first-order chi connectivity index (χ1) is 64.0. The molecule has 35 nitrogen and oxygen atoms in total. The fourth-order valence-electron chi connectivity index (χ4n) is 13.1. The quantitative estimate of drug-likeness (QED) is 0.0770. The van der Waals surface area contributed by atoms with E-state index in [4.69, 9.17) is 60.9 Å². The minimum absolute atomic E-state index is 0.0178. The lowest BCUT2D eigenvalue weighted by Crippen LogP contribution is -2.58. The third kappa shape index (κ3) is 16.4. The van der Waals surface area contributed by atoms with Gasteiger partial charge in [-0.2, -0.15) is 0 Å². The van der Waals surface area contributed by atoms with Gasteiger partial charge in [0.15, 0.2) is 69.3 Å². The van der Waals surface area contributed by atoms with Gasteiger partial charge in [-0.15, -0.1) is 15.3 Å². The summed E-state index contributed by atoms with van der Waals surface area (Å²) in [5.74, 6) is -16.2. The van der Waals surface area contributed by atoms with Gasteiger partial charge in [0.1, 0.15) is 33.8 Å². The van der Waals surface area contributed by atoms with Gasteiger partial charge in [-0.3, -0.25) is 53.5 Å². The van der Waals surface area contributed by atoms with E-state index < -0.39 is 191 Å². The van der Waals surface area contributed by atoms with Crippen LogP contribution in [0.3, 0.4) is 0 Å². The maximum absolute atomic E-state index is 15.3. The van der Waals surface area contributed by atoms with Crippen LogP contribution in [0.25, 0.3) is 16.9 Å². The van der Waals surface area contributed by atoms with Gasteiger partial charge in [0.05, 0.1) is 146 Å². The predicted molar refractivity (Wildman–Crippen MR) is 398 cm³/mol. The minimum atomic E-state index is -3.44. The summed E-state index contributed by atoms with van der Waals surface area (Å²) in [5.41, 5.74) is 16.1. The second-order valence-corrected chi connectivity index (χ2v) is 26.0. The first kappa shape index (κ1) is 51.8. The second kappa shape index (κ2) is 33.3. The molecule has 41 heteroatoms. The van der Waals surface area contributed by atoms with Gasteiger partial charge >= 0.3 is 0 Å². The van der Waals surface area contributed by atoms with E-state index in [0.717, 1.165) is 75.5 Å². The van der Waals surface area contributed by atoms with Gasteiger partial charge in [0.2, 0.25) is 17.7 Å². The Kier molecular flexibility index (Phi) is 15.3. The molecule has 113 heavy (non-hydrogen) atoms. The molecule has 8 aliphatic rings. The van der Waals surface area contributed by atoms with Gasteiger partial charge in [-0.1, -0.05) is 0 Å². The van der Waals surface area contributed by atoms with Crippen LogP contribution >= 0.6 is 0 Å². The maximum Gasteiger partial charge on any atom is 0.263 e. The number of amides is 6. The molecule has 8 fully saturated rings. The van der Waals surface area contributed by atoms with Crippen molar-refractivity contribution < 1.29 is 98.9 Å². The highest BCUT2D eigenvalue weighted by atomic mass is 19.1. The molecule has 8 saturated heterocycles. The average molecular weight is 1590 g/mol. The van der Waals surface area contributed by atoms with Crippen LogP contribution in [0.4, 0.5) is 77.9 Å². The van der Waals surface area contributed by atoms with Crippen LogP contribution < -0.4 is 53.2 Å². The van der Waals surface area contributed by atoms with Crippen molar-refractivity contribution in [2.75, 3.05) is 192 Å². The number of anilines is 9. The van der Waals surface area contributed by atoms with E-state index in [-0.39, 0.29) is 191 Å². The molecule has 17 heterocycles. The third-order valence-corrected chi connectivity index (χ3v) is 19.0. The molecule has 17 rings (SSSR count). The summed E-state index contributed by atoms with van der Waals surface area (Å²) >= 11 is 0. The van der Waals surface area contributed by atoms with Crippen molar-refractivity contribution in [3.05, 3.63) is 126 Å². The first-order valence-corrected chi connectivity index (χ1v) is 34.6. The van der Waals surface area contributed by atoms with Crippen LogP contribution in [-0.2, 0) is 23.9 Å². The van der Waals surface area contributed by atoms with Crippen LogP contribution in [0.1, 0.15) is 104 Å². The summed E-state index contributed by atoms with van der Waals surface area (Å²) in [6, 6.07) is -1.95.